The fourth-order valence-electron chi connectivity index (χ4n) is 2.75. The Hall–Kier alpha value is -3.39. The van der Waals surface area contributed by atoms with Crippen LogP contribution in [-0.4, -0.2) is 38.7 Å². The summed E-state index contributed by atoms with van der Waals surface area (Å²) in [5.74, 6) is -1.88. The quantitative estimate of drug-likeness (QED) is 0.276. The summed E-state index contributed by atoms with van der Waals surface area (Å²) >= 11 is 5.01. The van der Waals surface area contributed by atoms with Crippen LogP contribution >= 0.6 is 12.2 Å². The molecule has 0 spiro atoms. The maximum atomic E-state index is 13.1. The van der Waals surface area contributed by atoms with Crippen molar-refractivity contribution in [1.29, 1.82) is 0 Å². The molecule has 142 valence electrons. The molecule has 3 rings (SSSR count). The number of nitrogens with one attached hydrogen (secondary N) is 1. The maximum absolute atomic E-state index is 13.1. The fourth-order valence-corrected chi connectivity index (χ4v) is 3.00. The standard InChI is InChI=1S/C20H16FN3O3S/c1-3-8-24-19(27)16(18(26)22-20(24)28)10-15-9-13(11-23(15)2)17(25)12-4-6-14(21)7-5-12/h3-7,9-11H,1,8H2,2H3,(H,22,26,28). The molecule has 2 heterocycles. The van der Waals surface area contributed by atoms with Gasteiger partial charge in [-0.3, -0.25) is 24.6 Å². The van der Waals surface area contributed by atoms with Crippen LogP contribution in [0.3, 0.4) is 0 Å². The number of ketones is 1. The zero-order chi connectivity index (χ0) is 20.4. The monoisotopic (exact) mass is 397 g/mol. The Bertz CT molecular complexity index is 1040. The van der Waals surface area contributed by atoms with Gasteiger partial charge in [0, 0.05) is 36.6 Å². The van der Waals surface area contributed by atoms with Crippen molar-refractivity contribution in [2.24, 2.45) is 7.05 Å². The maximum Gasteiger partial charge on any atom is 0.266 e. The topological polar surface area (TPSA) is 71.4 Å². The number of hydrogen-bond acceptors (Lipinski definition) is 4. The number of carbonyl (C=O) groups is 3. The van der Waals surface area contributed by atoms with Gasteiger partial charge in [-0.2, -0.15) is 0 Å². The van der Waals surface area contributed by atoms with Crippen LogP contribution in [0.4, 0.5) is 4.39 Å². The molecule has 8 heteroatoms. The third-order valence-corrected chi connectivity index (χ3v) is 4.52. The van der Waals surface area contributed by atoms with Crippen molar-refractivity contribution < 1.29 is 18.8 Å². The highest BCUT2D eigenvalue weighted by molar-refractivity contribution is 7.80. The predicted molar refractivity (Wildman–Crippen MR) is 106 cm³/mol. The summed E-state index contributed by atoms with van der Waals surface area (Å²) in [6.45, 7) is 3.74. The third-order valence-electron chi connectivity index (χ3n) is 4.20. The molecule has 6 nitrogen and oxygen atoms in total. The molecule has 0 atom stereocenters. The minimum atomic E-state index is -0.608. The largest absolute Gasteiger partial charge is 0.350 e. The molecule has 2 amide bonds. The Morgan fingerprint density at radius 2 is 1.93 bits per heavy atom. The molecule has 1 fully saturated rings. The Morgan fingerprint density at radius 3 is 2.57 bits per heavy atom. The van der Waals surface area contributed by atoms with Gasteiger partial charge in [0.15, 0.2) is 10.9 Å². The van der Waals surface area contributed by atoms with Gasteiger partial charge in [0.25, 0.3) is 11.8 Å². The minimum absolute atomic E-state index is 0.0195. The van der Waals surface area contributed by atoms with E-state index in [1.54, 1.807) is 23.9 Å². The molecule has 0 unspecified atom stereocenters. The average Bonchev–Trinajstić information content (AvgIpc) is 3.02. The Labute approximate surface area is 165 Å². The number of benzene rings is 1. The molecule has 0 aliphatic carbocycles. The van der Waals surface area contributed by atoms with Gasteiger partial charge < -0.3 is 4.57 Å². The smallest absolute Gasteiger partial charge is 0.266 e. The van der Waals surface area contributed by atoms with E-state index >= 15 is 0 Å². The number of rotatable bonds is 5. The lowest BCUT2D eigenvalue weighted by molar-refractivity contribution is -0.128. The van der Waals surface area contributed by atoms with E-state index in [1.807, 2.05) is 0 Å². The van der Waals surface area contributed by atoms with Crippen molar-refractivity contribution in [3.8, 4) is 0 Å². The summed E-state index contributed by atoms with van der Waals surface area (Å²) < 4.78 is 14.7. The Morgan fingerprint density at radius 1 is 1.25 bits per heavy atom. The first-order valence-electron chi connectivity index (χ1n) is 8.28. The van der Waals surface area contributed by atoms with Crippen LogP contribution in [-0.2, 0) is 16.6 Å². The summed E-state index contributed by atoms with van der Waals surface area (Å²) in [7, 11) is 1.69. The van der Waals surface area contributed by atoms with Gasteiger partial charge >= 0.3 is 0 Å². The third kappa shape index (κ3) is 3.67. The summed E-state index contributed by atoms with van der Waals surface area (Å²) in [6, 6.07) is 6.77. The number of halogens is 1. The van der Waals surface area contributed by atoms with Gasteiger partial charge in [0.05, 0.1) is 0 Å². The van der Waals surface area contributed by atoms with Crippen molar-refractivity contribution in [3.63, 3.8) is 0 Å². The van der Waals surface area contributed by atoms with Crippen molar-refractivity contribution in [3.05, 3.63) is 77.4 Å². The molecule has 1 aliphatic rings. The first-order valence-corrected chi connectivity index (χ1v) is 8.69. The van der Waals surface area contributed by atoms with Gasteiger partial charge in [-0.25, -0.2) is 4.39 Å². The molecule has 1 aliphatic heterocycles. The van der Waals surface area contributed by atoms with Gasteiger partial charge in [-0.05, 0) is 48.6 Å². The molecule has 1 aromatic heterocycles. The number of amides is 2. The van der Waals surface area contributed by atoms with E-state index in [0.29, 0.717) is 16.8 Å². The summed E-state index contributed by atoms with van der Waals surface area (Å²) in [4.78, 5) is 38.6. The first kappa shape index (κ1) is 19.4. The first-order chi connectivity index (χ1) is 13.3. The number of hydrogen-bond donors (Lipinski definition) is 1. The van der Waals surface area contributed by atoms with E-state index in [9.17, 15) is 18.8 Å². The van der Waals surface area contributed by atoms with E-state index in [1.165, 1.54) is 41.3 Å². The Balaban J connectivity index is 1.94. The van der Waals surface area contributed by atoms with Crippen LogP contribution in [0, 0.1) is 5.82 Å². The molecule has 0 saturated carbocycles. The number of aryl methyl sites for hydroxylation is 1. The molecule has 0 radical (unpaired) electrons. The second-order valence-corrected chi connectivity index (χ2v) is 6.51. The lowest BCUT2D eigenvalue weighted by Crippen LogP contribution is -2.53. The second-order valence-electron chi connectivity index (χ2n) is 6.12. The minimum Gasteiger partial charge on any atom is -0.350 e. The average molecular weight is 397 g/mol. The van der Waals surface area contributed by atoms with Crippen LogP contribution in [0.25, 0.3) is 6.08 Å². The highest BCUT2D eigenvalue weighted by Gasteiger charge is 2.32. The lowest BCUT2D eigenvalue weighted by Gasteiger charge is -2.27. The number of carbonyl (C=O) groups excluding carboxylic acids is 3. The SMILES string of the molecule is C=CCN1C(=O)C(=Cc2cc(C(=O)c3ccc(F)cc3)cn2C)C(=O)NC1=S. The summed E-state index contributed by atoms with van der Waals surface area (Å²) in [5.41, 5.74) is 1.07. The zero-order valence-electron chi connectivity index (χ0n) is 14.9. The number of thiocarbonyl (C=S) groups is 1. The van der Waals surface area contributed by atoms with Crippen LogP contribution in [0.2, 0.25) is 0 Å². The Kier molecular flexibility index (Phi) is 5.32. The molecule has 2 aromatic rings. The van der Waals surface area contributed by atoms with E-state index < -0.39 is 17.6 Å². The van der Waals surface area contributed by atoms with Crippen molar-refractivity contribution in [1.82, 2.24) is 14.8 Å². The van der Waals surface area contributed by atoms with E-state index in [4.69, 9.17) is 12.2 Å². The molecule has 0 bridgehead atoms. The van der Waals surface area contributed by atoms with Gasteiger partial charge in [-0.1, -0.05) is 6.08 Å². The van der Waals surface area contributed by atoms with Crippen LogP contribution in [0.15, 0.2) is 54.8 Å². The second kappa shape index (κ2) is 7.69. The highest BCUT2D eigenvalue weighted by atomic mass is 32.1. The van der Waals surface area contributed by atoms with Crippen LogP contribution in [0.5, 0.6) is 0 Å². The molecule has 1 saturated heterocycles. The lowest BCUT2D eigenvalue weighted by atomic mass is 10.1. The van der Waals surface area contributed by atoms with E-state index in [2.05, 4.69) is 11.9 Å². The fraction of sp³-hybridized carbons (Fsp3) is 0.100. The summed E-state index contributed by atoms with van der Waals surface area (Å²) in [6.07, 6.45) is 4.48. The molecule has 1 aromatic carbocycles. The van der Waals surface area contributed by atoms with Crippen LogP contribution in [0.1, 0.15) is 21.6 Å². The normalized spacial score (nSPS) is 15.7. The number of aromatic nitrogens is 1. The molecular weight excluding hydrogens is 381 g/mol. The number of nitrogens with zero attached hydrogens (tertiary/aromatic N) is 2. The van der Waals surface area contributed by atoms with Gasteiger partial charge in [-0.15, -0.1) is 6.58 Å². The highest BCUT2D eigenvalue weighted by Crippen LogP contribution is 2.19. The van der Waals surface area contributed by atoms with Crippen molar-refractivity contribution >= 4 is 41.0 Å². The van der Waals surface area contributed by atoms with Crippen molar-refractivity contribution in [2.75, 3.05) is 6.54 Å². The van der Waals surface area contributed by atoms with E-state index in [0.717, 1.165) is 0 Å². The zero-order valence-corrected chi connectivity index (χ0v) is 15.8. The molecule has 1 N–H and O–H groups in total. The summed E-state index contributed by atoms with van der Waals surface area (Å²) in [5, 5.41) is 2.48. The molecule has 28 heavy (non-hydrogen) atoms. The van der Waals surface area contributed by atoms with Gasteiger partial charge in [0.2, 0.25) is 0 Å². The van der Waals surface area contributed by atoms with Crippen molar-refractivity contribution in [2.45, 2.75) is 0 Å². The predicted octanol–water partition coefficient (Wildman–Crippen LogP) is 2.21. The molecular formula is C20H16FN3O3S. The van der Waals surface area contributed by atoms with Crippen LogP contribution < -0.4 is 5.32 Å². The van der Waals surface area contributed by atoms with E-state index in [-0.39, 0.29) is 23.0 Å². The van der Waals surface area contributed by atoms with Gasteiger partial charge in [0.1, 0.15) is 11.4 Å².